The summed E-state index contributed by atoms with van der Waals surface area (Å²) < 4.78 is 13.3. The zero-order chi connectivity index (χ0) is 14.4. The third kappa shape index (κ3) is 3.56. The maximum atomic E-state index is 13.3. The first kappa shape index (κ1) is 13.6. The van der Waals surface area contributed by atoms with E-state index < -0.39 is 5.82 Å². The van der Waals surface area contributed by atoms with Crippen molar-refractivity contribution in [3.05, 3.63) is 59.9 Å². The van der Waals surface area contributed by atoms with E-state index in [0.29, 0.717) is 11.3 Å². The van der Waals surface area contributed by atoms with Gasteiger partial charge in [-0.3, -0.25) is 4.79 Å². The van der Waals surface area contributed by atoms with Crippen molar-refractivity contribution in [1.29, 1.82) is 5.26 Å². The first-order valence-corrected chi connectivity index (χ1v) is 5.97. The van der Waals surface area contributed by atoms with E-state index >= 15 is 0 Å². The highest BCUT2D eigenvalue weighted by Crippen LogP contribution is 2.12. The van der Waals surface area contributed by atoms with Crippen LogP contribution >= 0.6 is 0 Å². The Bertz CT molecular complexity index is 664. The summed E-state index contributed by atoms with van der Waals surface area (Å²) in [5.41, 5.74) is 1.27. The smallest absolute Gasteiger partial charge is 0.243 e. The van der Waals surface area contributed by atoms with Crippen LogP contribution in [0, 0.1) is 17.1 Å². The number of nitrogens with one attached hydrogen (secondary N) is 2. The van der Waals surface area contributed by atoms with Crippen molar-refractivity contribution >= 4 is 17.3 Å². The summed E-state index contributed by atoms with van der Waals surface area (Å²) in [6.07, 6.45) is 0. The summed E-state index contributed by atoms with van der Waals surface area (Å²) in [4.78, 5) is 11.7. The molecule has 20 heavy (non-hydrogen) atoms. The van der Waals surface area contributed by atoms with Gasteiger partial charge in [-0.2, -0.15) is 5.26 Å². The van der Waals surface area contributed by atoms with E-state index in [1.54, 1.807) is 42.5 Å². The van der Waals surface area contributed by atoms with Gasteiger partial charge in [0.2, 0.25) is 5.91 Å². The predicted octanol–water partition coefficient (Wildman–Crippen LogP) is 2.75. The topological polar surface area (TPSA) is 64.9 Å². The van der Waals surface area contributed by atoms with Crippen LogP contribution in [0.5, 0.6) is 0 Å². The van der Waals surface area contributed by atoms with Crippen LogP contribution in [0.4, 0.5) is 15.8 Å². The Morgan fingerprint density at radius 2 is 2.00 bits per heavy atom. The first-order chi connectivity index (χ1) is 9.69. The molecule has 5 heteroatoms. The third-order valence-electron chi connectivity index (χ3n) is 2.59. The zero-order valence-corrected chi connectivity index (χ0v) is 10.6. The maximum Gasteiger partial charge on any atom is 0.243 e. The minimum atomic E-state index is -0.410. The number of hydrogen-bond acceptors (Lipinski definition) is 3. The van der Waals surface area contributed by atoms with Gasteiger partial charge in [-0.25, -0.2) is 4.39 Å². The number of nitrogens with zero attached hydrogens (tertiary/aromatic N) is 1. The number of halogens is 1. The van der Waals surface area contributed by atoms with Gasteiger partial charge in [0, 0.05) is 5.69 Å². The molecule has 1 amide bonds. The molecule has 2 N–H and O–H groups in total. The minimum Gasteiger partial charge on any atom is -0.374 e. The number of carbonyl (C=O) groups excluding carboxylic acids is 1. The van der Waals surface area contributed by atoms with Crippen molar-refractivity contribution in [1.82, 2.24) is 0 Å². The molecule has 0 heterocycles. The number of anilines is 2. The Labute approximate surface area is 115 Å². The molecule has 0 unspecified atom stereocenters. The largest absolute Gasteiger partial charge is 0.374 e. The van der Waals surface area contributed by atoms with Gasteiger partial charge < -0.3 is 10.6 Å². The summed E-state index contributed by atoms with van der Waals surface area (Å²) in [6.45, 7) is -0.0578. The summed E-state index contributed by atoms with van der Waals surface area (Å²) in [6, 6.07) is 14.7. The molecule has 0 aliphatic heterocycles. The number of rotatable bonds is 4. The Balaban J connectivity index is 1.93. The standard InChI is InChI=1S/C15H12FN3O/c16-13-6-1-2-7-14(13)18-10-15(20)19-12-5-3-4-11(8-12)9-17/h1-8,18H,10H2,(H,19,20). The quantitative estimate of drug-likeness (QED) is 0.897. The highest BCUT2D eigenvalue weighted by Gasteiger charge is 2.05. The van der Waals surface area contributed by atoms with E-state index in [-0.39, 0.29) is 18.1 Å². The molecule has 0 atom stereocenters. The van der Waals surface area contributed by atoms with Crippen LogP contribution in [0.3, 0.4) is 0 Å². The molecule has 0 radical (unpaired) electrons. The summed E-state index contributed by atoms with van der Waals surface area (Å²) in [5, 5.41) is 14.1. The molecule has 0 saturated heterocycles. The Morgan fingerprint density at radius 1 is 1.20 bits per heavy atom. The number of para-hydroxylation sites is 1. The van der Waals surface area contributed by atoms with Gasteiger partial charge in [-0.05, 0) is 30.3 Å². The average Bonchev–Trinajstić information content (AvgIpc) is 2.46. The second kappa shape index (κ2) is 6.34. The normalized spacial score (nSPS) is 9.60. The molecule has 2 aromatic rings. The number of amides is 1. The lowest BCUT2D eigenvalue weighted by molar-refractivity contribution is -0.114. The van der Waals surface area contributed by atoms with Gasteiger partial charge in [0.05, 0.1) is 23.9 Å². The lowest BCUT2D eigenvalue weighted by Crippen LogP contribution is -2.22. The zero-order valence-electron chi connectivity index (χ0n) is 10.6. The Hall–Kier alpha value is -2.87. The third-order valence-corrected chi connectivity index (χ3v) is 2.59. The molecular formula is C15H12FN3O. The molecular weight excluding hydrogens is 257 g/mol. The second-order valence-corrected chi connectivity index (χ2v) is 4.07. The van der Waals surface area contributed by atoms with Crippen molar-refractivity contribution < 1.29 is 9.18 Å². The fraction of sp³-hybridized carbons (Fsp3) is 0.0667. The Kier molecular flexibility index (Phi) is 4.30. The lowest BCUT2D eigenvalue weighted by atomic mass is 10.2. The first-order valence-electron chi connectivity index (χ1n) is 5.97. The van der Waals surface area contributed by atoms with E-state index in [2.05, 4.69) is 10.6 Å². The van der Waals surface area contributed by atoms with Crippen LogP contribution in [0.25, 0.3) is 0 Å². The van der Waals surface area contributed by atoms with Gasteiger partial charge in [-0.1, -0.05) is 18.2 Å². The van der Waals surface area contributed by atoms with Crippen molar-refractivity contribution in [3.63, 3.8) is 0 Å². The van der Waals surface area contributed by atoms with E-state index in [4.69, 9.17) is 5.26 Å². The summed E-state index contributed by atoms with van der Waals surface area (Å²) in [7, 11) is 0. The molecule has 0 bridgehead atoms. The molecule has 4 nitrogen and oxygen atoms in total. The number of nitriles is 1. The van der Waals surface area contributed by atoms with Gasteiger partial charge >= 0.3 is 0 Å². The molecule has 2 rings (SSSR count). The van der Waals surface area contributed by atoms with Crippen molar-refractivity contribution in [2.24, 2.45) is 0 Å². The molecule has 0 aromatic heterocycles. The van der Waals surface area contributed by atoms with E-state index in [0.717, 1.165) is 0 Å². The monoisotopic (exact) mass is 269 g/mol. The van der Waals surface area contributed by atoms with Crippen molar-refractivity contribution in [3.8, 4) is 6.07 Å². The molecule has 2 aromatic carbocycles. The summed E-state index contributed by atoms with van der Waals surface area (Å²) >= 11 is 0. The van der Waals surface area contributed by atoms with Gasteiger partial charge in [-0.15, -0.1) is 0 Å². The fourth-order valence-electron chi connectivity index (χ4n) is 1.65. The van der Waals surface area contributed by atoms with Crippen LogP contribution in [-0.4, -0.2) is 12.5 Å². The fourth-order valence-corrected chi connectivity index (χ4v) is 1.65. The van der Waals surface area contributed by atoms with Gasteiger partial charge in [0.25, 0.3) is 0 Å². The lowest BCUT2D eigenvalue weighted by Gasteiger charge is -2.08. The number of benzene rings is 2. The van der Waals surface area contributed by atoms with Crippen LogP contribution < -0.4 is 10.6 Å². The van der Waals surface area contributed by atoms with Gasteiger partial charge in [0.1, 0.15) is 5.82 Å². The highest BCUT2D eigenvalue weighted by atomic mass is 19.1. The van der Waals surface area contributed by atoms with Crippen LogP contribution in [0.15, 0.2) is 48.5 Å². The average molecular weight is 269 g/mol. The molecule has 0 spiro atoms. The van der Waals surface area contributed by atoms with Crippen molar-refractivity contribution in [2.75, 3.05) is 17.2 Å². The van der Waals surface area contributed by atoms with Gasteiger partial charge in [0.15, 0.2) is 0 Å². The molecule has 0 fully saturated rings. The van der Waals surface area contributed by atoms with Crippen LogP contribution in [-0.2, 0) is 4.79 Å². The predicted molar refractivity (Wildman–Crippen MR) is 74.7 cm³/mol. The highest BCUT2D eigenvalue weighted by molar-refractivity contribution is 5.93. The molecule has 0 aliphatic carbocycles. The van der Waals surface area contributed by atoms with Crippen molar-refractivity contribution in [2.45, 2.75) is 0 Å². The van der Waals surface area contributed by atoms with Crippen LogP contribution in [0.1, 0.15) is 5.56 Å². The van der Waals surface area contributed by atoms with E-state index in [1.165, 1.54) is 6.07 Å². The second-order valence-electron chi connectivity index (χ2n) is 4.07. The van der Waals surface area contributed by atoms with E-state index in [9.17, 15) is 9.18 Å². The number of carbonyl (C=O) groups is 1. The van der Waals surface area contributed by atoms with E-state index in [1.807, 2.05) is 6.07 Å². The SMILES string of the molecule is N#Cc1cccc(NC(=O)CNc2ccccc2F)c1. The maximum absolute atomic E-state index is 13.3. The molecule has 100 valence electrons. The molecule has 0 aliphatic rings. The van der Waals surface area contributed by atoms with Crippen LogP contribution in [0.2, 0.25) is 0 Å². The molecule has 0 saturated carbocycles. The Morgan fingerprint density at radius 3 is 2.75 bits per heavy atom. The number of hydrogen-bond donors (Lipinski definition) is 2. The minimum absolute atomic E-state index is 0.0578. The summed E-state index contributed by atoms with van der Waals surface area (Å²) in [5.74, 6) is -0.727.